The van der Waals surface area contributed by atoms with Crippen LogP contribution in [-0.4, -0.2) is 35.0 Å². The molecule has 3 rings (SSSR count). The number of hydrogen-bond donors (Lipinski definition) is 1. The lowest BCUT2D eigenvalue weighted by Crippen LogP contribution is -2.35. The van der Waals surface area contributed by atoms with E-state index in [-0.39, 0.29) is 12.5 Å². The molecule has 0 radical (unpaired) electrons. The lowest BCUT2D eigenvalue weighted by molar-refractivity contribution is -0.143. The van der Waals surface area contributed by atoms with Crippen LogP contribution in [0.15, 0.2) is 29.4 Å². The molecule has 8 heteroatoms. The van der Waals surface area contributed by atoms with Crippen molar-refractivity contribution >= 4 is 57.0 Å². The second kappa shape index (κ2) is 7.73. The number of thiocarbonyl (C=S) groups is 1. The summed E-state index contributed by atoms with van der Waals surface area (Å²) in [5.41, 5.74) is 3.77. The molecular weight excluding hydrogens is 390 g/mol. The van der Waals surface area contributed by atoms with E-state index in [1.54, 1.807) is 18.3 Å². The first-order valence-electron chi connectivity index (χ1n) is 8.09. The molecule has 1 aliphatic heterocycles. The normalized spacial score (nSPS) is 13.6. The van der Waals surface area contributed by atoms with Gasteiger partial charge in [0.15, 0.2) is 5.11 Å². The van der Waals surface area contributed by atoms with Gasteiger partial charge in [0, 0.05) is 21.0 Å². The number of hydrazone groups is 1. The molecule has 0 saturated heterocycles. The molecule has 0 spiro atoms. The van der Waals surface area contributed by atoms with Crippen molar-refractivity contribution in [2.45, 2.75) is 20.8 Å². The van der Waals surface area contributed by atoms with Crippen molar-refractivity contribution < 1.29 is 9.53 Å². The Morgan fingerprint density at radius 1 is 1.35 bits per heavy atom. The smallest absolute Gasteiger partial charge is 0.327 e. The second-order valence-corrected chi connectivity index (χ2v) is 7.78. The average molecular weight is 408 g/mol. The van der Waals surface area contributed by atoms with Crippen molar-refractivity contribution in [3.05, 3.63) is 50.9 Å². The molecule has 1 N–H and O–H groups in total. The minimum Gasteiger partial charge on any atom is -0.465 e. The van der Waals surface area contributed by atoms with E-state index in [1.807, 2.05) is 24.3 Å². The third-order valence-corrected chi connectivity index (χ3v) is 5.69. The van der Waals surface area contributed by atoms with Gasteiger partial charge in [-0.15, -0.1) is 11.3 Å². The Kier molecular flexibility index (Phi) is 5.60. The first kappa shape index (κ1) is 18.8. The summed E-state index contributed by atoms with van der Waals surface area (Å²) in [4.78, 5) is 13.1. The van der Waals surface area contributed by atoms with Gasteiger partial charge in [0.25, 0.3) is 0 Å². The van der Waals surface area contributed by atoms with Crippen LogP contribution in [0.1, 0.15) is 28.5 Å². The Balaban J connectivity index is 2.11. The zero-order valence-corrected chi connectivity index (χ0v) is 17.0. The number of thiophene rings is 1. The number of esters is 1. The maximum atomic E-state index is 12.0. The molecule has 0 aliphatic carbocycles. The number of rotatable bonds is 4. The van der Waals surface area contributed by atoms with Crippen LogP contribution in [0.2, 0.25) is 5.02 Å². The van der Waals surface area contributed by atoms with Gasteiger partial charge >= 0.3 is 5.97 Å². The van der Waals surface area contributed by atoms with Crippen LogP contribution in [0, 0.1) is 13.8 Å². The molecule has 1 aromatic carbocycles. The zero-order valence-electron chi connectivity index (χ0n) is 14.6. The summed E-state index contributed by atoms with van der Waals surface area (Å²) < 4.78 is 5.04. The predicted octanol–water partition coefficient (Wildman–Crippen LogP) is 4.35. The van der Waals surface area contributed by atoms with Crippen LogP contribution in [0.25, 0.3) is 0 Å². The largest absolute Gasteiger partial charge is 0.465 e. The van der Waals surface area contributed by atoms with Gasteiger partial charge in [-0.2, -0.15) is 5.10 Å². The van der Waals surface area contributed by atoms with Crippen molar-refractivity contribution in [2.24, 2.45) is 5.10 Å². The highest BCUT2D eigenvalue weighted by Gasteiger charge is 2.27. The summed E-state index contributed by atoms with van der Waals surface area (Å²) in [6.07, 6.45) is 0. The van der Waals surface area contributed by atoms with Gasteiger partial charge < -0.3 is 10.1 Å². The Morgan fingerprint density at radius 2 is 2.04 bits per heavy atom. The van der Waals surface area contributed by atoms with Crippen molar-refractivity contribution in [3.8, 4) is 0 Å². The Morgan fingerprint density at radius 3 is 2.69 bits per heavy atom. The maximum Gasteiger partial charge on any atom is 0.327 e. The summed E-state index contributed by atoms with van der Waals surface area (Å²) in [5.74, 6) is -0.381. The third-order valence-electron chi connectivity index (χ3n) is 4.00. The topological polar surface area (TPSA) is 53.9 Å². The fourth-order valence-electron chi connectivity index (χ4n) is 2.62. The highest BCUT2D eigenvalue weighted by molar-refractivity contribution is 7.80. The van der Waals surface area contributed by atoms with Crippen LogP contribution in [0.3, 0.4) is 0 Å². The van der Waals surface area contributed by atoms with Crippen LogP contribution >= 0.6 is 35.2 Å². The molecule has 0 atom stereocenters. The number of carbonyl (C=O) groups is 1. The Bertz CT molecular complexity index is 891. The molecule has 0 fully saturated rings. The van der Waals surface area contributed by atoms with E-state index in [9.17, 15) is 4.79 Å². The Labute approximate surface area is 166 Å². The minimum atomic E-state index is -0.381. The molecule has 26 heavy (non-hydrogen) atoms. The maximum absolute atomic E-state index is 12.0. The monoisotopic (exact) mass is 407 g/mol. The quantitative estimate of drug-likeness (QED) is 0.603. The van der Waals surface area contributed by atoms with Crippen LogP contribution < -0.4 is 5.32 Å². The molecule has 2 heterocycles. The standard InChI is InChI=1S/C18H18ClN3O2S2/c1-4-24-14(23)9-22-18(25)20-17-15(10(2)11(3)26-17)16(21-22)12-5-7-13(19)8-6-12/h5-8H,4,9H2,1-3H3,(H,20,25). The van der Waals surface area contributed by atoms with E-state index < -0.39 is 0 Å². The highest BCUT2D eigenvalue weighted by atomic mass is 35.5. The van der Waals surface area contributed by atoms with Crippen molar-refractivity contribution in [1.29, 1.82) is 0 Å². The molecule has 0 unspecified atom stereocenters. The van der Waals surface area contributed by atoms with E-state index in [0.717, 1.165) is 27.4 Å². The van der Waals surface area contributed by atoms with E-state index in [2.05, 4.69) is 19.2 Å². The van der Waals surface area contributed by atoms with Crippen molar-refractivity contribution in [1.82, 2.24) is 5.01 Å². The minimum absolute atomic E-state index is 0.0519. The summed E-state index contributed by atoms with van der Waals surface area (Å²) in [6.45, 7) is 6.15. The Hall–Kier alpha value is -1.96. The van der Waals surface area contributed by atoms with E-state index in [1.165, 1.54) is 9.89 Å². The van der Waals surface area contributed by atoms with E-state index >= 15 is 0 Å². The van der Waals surface area contributed by atoms with Gasteiger partial charge in [-0.05, 0) is 50.7 Å². The summed E-state index contributed by atoms with van der Waals surface area (Å²) in [6, 6.07) is 7.46. The van der Waals surface area contributed by atoms with Crippen LogP contribution in [0.4, 0.5) is 5.00 Å². The number of nitrogens with one attached hydrogen (secondary N) is 1. The van der Waals surface area contributed by atoms with E-state index in [4.69, 9.17) is 33.7 Å². The number of anilines is 1. The number of aryl methyl sites for hydroxylation is 1. The molecule has 0 bridgehead atoms. The predicted molar refractivity (Wildman–Crippen MR) is 110 cm³/mol. The fourth-order valence-corrected chi connectivity index (χ4v) is 4.08. The average Bonchev–Trinajstić information content (AvgIpc) is 2.78. The summed E-state index contributed by atoms with van der Waals surface area (Å²) in [7, 11) is 0. The molecule has 5 nitrogen and oxygen atoms in total. The molecule has 0 amide bonds. The number of benzene rings is 1. The van der Waals surface area contributed by atoms with Crippen LogP contribution in [0.5, 0.6) is 0 Å². The lowest BCUT2D eigenvalue weighted by atomic mass is 10.0. The van der Waals surface area contributed by atoms with Crippen molar-refractivity contribution in [3.63, 3.8) is 0 Å². The fraction of sp³-hybridized carbons (Fsp3) is 0.278. The number of carbonyl (C=O) groups excluding carboxylic acids is 1. The number of fused-ring (bicyclic) bond motifs is 1. The number of ether oxygens (including phenoxy) is 1. The molecule has 136 valence electrons. The van der Waals surface area contributed by atoms with Gasteiger partial charge in [-0.3, -0.25) is 4.79 Å². The van der Waals surface area contributed by atoms with E-state index in [0.29, 0.717) is 16.7 Å². The molecular formula is C18H18ClN3O2S2. The van der Waals surface area contributed by atoms with Gasteiger partial charge in [0.05, 0.1) is 6.61 Å². The zero-order chi connectivity index (χ0) is 18.8. The number of hydrogen-bond acceptors (Lipinski definition) is 5. The SMILES string of the molecule is CCOC(=O)CN1N=C(c2ccc(Cl)cc2)c2c(sc(C)c2C)NC1=S. The second-order valence-electron chi connectivity index (χ2n) is 5.74. The number of halogens is 1. The van der Waals surface area contributed by atoms with Gasteiger partial charge in [0.1, 0.15) is 17.3 Å². The summed E-state index contributed by atoms with van der Waals surface area (Å²) in [5, 5.41) is 11.3. The lowest BCUT2D eigenvalue weighted by Gasteiger charge is -2.18. The molecule has 0 saturated carbocycles. The molecule has 1 aromatic heterocycles. The van der Waals surface area contributed by atoms with Crippen molar-refractivity contribution in [2.75, 3.05) is 18.5 Å². The first-order valence-corrected chi connectivity index (χ1v) is 9.70. The van der Waals surface area contributed by atoms with Gasteiger partial charge in [-0.1, -0.05) is 23.7 Å². The summed E-state index contributed by atoms with van der Waals surface area (Å²) >= 11 is 13.1. The highest BCUT2D eigenvalue weighted by Crippen LogP contribution is 2.36. The molecule has 1 aliphatic rings. The van der Waals surface area contributed by atoms with Crippen LogP contribution in [-0.2, 0) is 9.53 Å². The van der Waals surface area contributed by atoms with Gasteiger partial charge in [0.2, 0.25) is 0 Å². The first-order chi connectivity index (χ1) is 12.4. The third kappa shape index (κ3) is 3.75. The van der Waals surface area contributed by atoms with Gasteiger partial charge in [-0.25, -0.2) is 5.01 Å². The molecule has 2 aromatic rings. The number of nitrogens with zero attached hydrogens (tertiary/aromatic N) is 2.